The highest BCUT2D eigenvalue weighted by atomic mass is 35.5. The zero-order chi connectivity index (χ0) is 14.7. The minimum Gasteiger partial charge on any atom is -0.384 e. The molecule has 130 valence electrons. The number of carbonyl (C=O) groups is 1. The smallest absolute Gasteiger partial charge is 0.251 e. The van der Waals surface area contributed by atoms with Gasteiger partial charge >= 0.3 is 0 Å². The molecule has 2 aliphatic rings. The molecular weight excluding hydrogens is 333 g/mol. The lowest BCUT2D eigenvalue weighted by Crippen LogP contribution is -2.32. The van der Waals surface area contributed by atoms with Crippen molar-refractivity contribution < 1.29 is 4.79 Å². The largest absolute Gasteiger partial charge is 0.384 e. The summed E-state index contributed by atoms with van der Waals surface area (Å²) in [5.74, 6) is 0.836. The molecule has 1 fully saturated rings. The molecule has 3 rings (SSSR count). The number of benzene rings is 1. The summed E-state index contributed by atoms with van der Waals surface area (Å²) in [4.78, 5) is 14.6. The number of rotatable bonds is 4. The first-order valence-electron chi connectivity index (χ1n) is 8.06. The molecule has 1 amide bonds. The minimum atomic E-state index is 0. The maximum atomic E-state index is 12.2. The second-order valence-electron chi connectivity index (χ2n) is 6.34. The maximum Gasteiger partial charge on any atom is 0.251 e. The number of nitrogens with one attached hydrogen (secondary N) is 2. The van der Waals surface area contributed by atoms with E-state index in [0.29, 0.717) is 0 Å². The van der Waals surface area contributed by atoms with Gasteiger partial charge in [-0.2, -0.15) is 0 Å². The van der Waals surface area contributed by atoms with Gasteiger partial charge in [-0.05, 0) is 75.5 Å². The second-order valence-corrected chi connectivity index (χ2v) is 6.34. The summed E-state index contributed by atoms with van der Waals surface area (Å²) in [7, 11) is 2.18. The Labute approximate surface area is 151 Å². The third kappa shape index (κ3) is 5.27. The van der Waals surface area contributed by atoms with Gasteiger partial charge in [-0.3, -0.25) is 4.79 Å². The summed E-state index contributed by atoms with van der Waals surface area (Å²) in [5.41, 5.74) is 3.23. The molecule has 2 aliphatic heterocycles. The molecule has 1 aromatic carbocycles. The maximum absolute atomic E-state index is 12.2. The Morgan fingerprint density at radius 3 is 2.78 bits per heavy atom. The van der Waals surface area contributed by atoms with Crippen LogP contribution in [-0.2, 0) is 6.42 Å². The summed E-state index contributed by atoms with van der Waals surface area (Å²) < 4.78 is 0. The molecule has 0 spiro atoms. The van der Waals surface area contributed by atoms with Crippen molar-refractivity contribution >= 4 is 36.4 Å². The average Bonchev–Trinajstić information content (AvgIpc) is 2.96. The van der Waals surface area contributed by atoms with Gasteiger partial charge in [0.05, 0.1) is 0 Å². The molecule has 1 saturated heterocycles. The van der Waals surface area contributed by atoms with Gasteiger partial charge in [0.25, 0.3) is 5.91 Å². The van der Waals surface area contributed by atoms with E-state index in [0.717, 1.165) is 37.4 Å². The lowest BCUT2D eigenvalue weighted by atomic mass is 9.94. The molecule has 0 aliphatic carbocycles. The molecule has 2 N–H and O–H groups in total. The van der Waals surface area contributed by atoms with Crippen LogP contribution < -0.4 is 10.6 Å². The SMILES string of the molecule is CN1CCC(CCNC(=O)c2ccc3c(c2)CCN3)CC1.Cl.Cl. The summed E-state index contributed by atoms with van der Waals surface area (Å²) >= 11 is 0. The monoisotopic (exact) mass is 359 g/mol. The molecule has 4 nitrogen and oxygen atoms in total. The van der Waals surface area contributed by atoms with Crippen LogP contribution in [-0.4, -0.2) is 44.0 Å². The molecule has 6 heteroatoms. The quantitative estimate of drug-likeness (QED) is 0.868. The van der Waals surface area contributed by atoms with Crippen molar-refractivity contribution in [3.63, 3.8) is 0 Å². The Morgan fingerprint density at radius 1 is 1.30 bits per heavy atom. The van der Waals surface area contributed by atoms with Crippen LogP contribution >= 0.6 is 24.8 Å². The molecule has 0 aromatic heterocycles. The van der Waals surface area contributed by atoms with Gasteiger partial charge in [-0.1, -0.05) is 0 Å². The fourth-order valence-corrected chi connectivity index (χ4v) is 3.29. The van der Waals surface area contributed by atoms with E-state index in [4.69, 9.17) is 0 Å². The first-order chi connectivity index (χ1) is 10.2. The van der Waals surface area contributed by atoms with Gasteiger partial charge in [0.2, 0.25) is 0 Å². The van der Waals surface area contributed by atoms with E-state index >= 15 is 0 Å². The van der Waals surface area contributed by atoms with Crippen molar-refractivity contribution in [3.05, 3.63) is 29.3 Å². The molecule has 0 radical (unpaired) electrons. The van der Waals surface area contributed by atoms with Crippen molar-refractivity contribution in [2.75, 3.05) is 38.5 Å². The Bertz CT molecular complexity index is 517. The first-order valence-corrected chi connectivity index (χ1v) is 8.06. The number of likely N-dealkylation sites (tertiary alicyclic amines) is 1. The Morgan fingerprint density at radius 2 is 2.04 bits per heavy atom. The topological polar surface area (TPSA) is 44.4 Å². The normalized spacial score (nSPS) is 17.4. The number of halogens is 2. The molecule has 23 heavy (non-hydrogen) atoms. The van der Waals surface area contributed by atoms with Crippen LogP contribution in [0.15, 0.2) is 18.2 Å². The first kappa shape index (κ1) is 20.1. The van der Waals surface area contributed by atoms with E-state index in [9.17, 15) is 4.79 Å². The minimum absolute atomic E-state index is 0. The van der Waals surface area contributed by atoms with Crippen LogP contribution in [0.3, 0.4) is 0 Å². The average molecular weight is 360 g/mol. The Hall–Kier alpha value is -0.970. The van der Waals surface area contributed by atoms with Crippen LogP contribution in [0.5, 0.6) is 0 Å². The third-order valence-electron chi connectivity index (χ3n) is 4.75. The van der Waals surface area contributed by atoms with E-state index in [1.807, 2.05) is 18.2 Å². The number of nitrogens with zero attached hydrogens (tertiary/aromatic N) is 1. The standard InChI is InChI=1S/C17H25N3O.2ClH/c1-20-10-6-13(7-11-20)4-8-19-17(21)15-2-3-16-14(12-15)5-9-18-16;;/h2-3,12-13,18H,4-11H2,1H3,(H,19,21);2*1H. The Kier molecular flexibility index (Phi) is 8.17. The Balaban J connectivity index is 0.00000132. The van der Waals surface area contributed by atoms with Gasteiger partial charge in [0, 0.05) is 24.3 Å². The predicted octanol–water partition coefficient (Wildman–Crippen LogP) is 2.96. The van der Waals surface area contributed by atoms with E-state index in [1.54, 1.807) is 0 Å². The number of fused-ring (bicyclic) bond motifs is 1. The molecule has 0 bridgehead atoms. The lowest BCUT2D eigenvalue weighted by Gasteiger charge is -2.28. The second kappa shape index (κ2) is 9.36. The van der Waals surface area contributed by atoms with Crippen molar-refractivity contribution in [2.45, 2.75) is 25.7 Å². The van der Waals surface area contributed by atoms with Crippen molar-refractivity contribution in [2.24, 2.45) is 5.92 Å². The number of carbonyl (C=O) groups excluding carboxylic acids is 1. The number of hydrogen-bond donors (Lipinski definition) is 2. The van der Waals surface area contributed by atoms with Gasteiger partial charge in [-0.15, -0.1) is 24.8 Å². The van der Waals surface area contributed by atoms with Crippen LogP contribution in [0.1, 0.15) is 35.2 Å². The number of amides is 1. The number of piperidine rings is 1. The van der Waals surface area contributed by atoms with E-state index < -0.39 is 0 Å². The summed E-state index contributed by atoms with van der Waals surface area (Å²) in [6.07, 6.45) is 4.64. The molecular formula is C17H27Cl2N3O. The van der Waals surface area contributed by atoms with E-state index in [2.05, 4.69) is 22.6 Å². The van der Waals surface area contributed by atoms with Crippen molar-refractivity contribution in [1.29, 1.82) is 0 Å². The molecule has 1 aromatic rings. The number of anilines is 1. The lowest BCUT2D eigenvalue weighted by molar-refractivity contribution is 0.0949. The van der Waals surface area contributed by atoms with Crippen LogP contribution in [0.4, 0.5) is 5.69 Å². The molecule has 0 atom stereocenters. The van der Waals surface area contributed by atoms with Gasteiger partial charge < -0.3 is 15.5 Å². The highest BCUT2D eigenvalue weighted by Crippen LogP contribution is 2.23. The molecule has 2 heterocycles. The van der Waals surface area contributed by atoms with Crippen LogP contribution in [0.2, 0.25) is 0 Å². The highest BCUT2D eigenvalue weighted by molar-refractivity contribution is 5.95. The highest BCUT2D eigenvalue weighted by Gasteiger charge is 2.17. The molecule has 0 saturated carbocycles. The van der Waals surface area contributed by atoms with Gasteiger partial charge in [0.15, 0.2) is 0 Å². The summed E-state index contributed by atoms with van der Waals surface area (Å²) in [6, 6.07) is 5.97. The molecule has 0 unspecified atom stereocenters. The zero-order valence-electron chi connectivity index (χ0n) is 13.6. The van der Waals surface area contributed by atoms with E-state index in [1.165, 1.54) is 37.2 Å². The van der Waals surface area contributed by atoms with Gasteiger partial charge in [0.1, 0.15) is 0 Å². The van der Waals surface area contributed by atoms with Crippen LogP contribution in [0.25, 0.3) is 0 Å². The number of hydrogen-bond acceptors (Lipinski definition) is 3. The summed E-state index contributed by atoms with van der Waals surface area (Å²) in [6.45, 7) is 4.16. The van der Waals surface area contributed by atoms with Crippen LogP contribution in [0, 0.1) is 5.92 Å². The predicted molar refractivity (Wildman–Crippen MR) is 100 cm³/mol. The zero-order valence-corrected chi connectivity index (χ0v) is 15.3. The third-order valence-corrected chi connectivity index (χ3v) is 4.75. The van der Waals surface area contributed by atoms with Crippen molar-refractivity contribution in [3.8, 4) is 0 Å². The van der Waals surface area contributed by atoms with E-state index in [-0.39, 0.29) is 30.7 Å². The fourth-order valence-electron chi connectivity index (χ4n) is 3.29. The fraction of sp³-hybridized carbons (Fsp3) is 0.588. The van der Waals surface area contributed by atoms with Gasteiger partial charge in [-0.25, -0.2) is 0 Å². The van der Waals surface area contributed by atoms with Crippen molar-refractivity contribution in [1.82, 2.24) is 10.2 Å². The summed E-state index contributed by atoms with van der Waals surface area (Å²) in [5, 5.41) is 6.40.